The smallest absolute Gasteiger partial charge is 0.268 e. The van der Waals surface area contributed by atoms with E-state index in [1.165, 1.54) is 4.68 Å². The average Bonchev–Trinajstić information content (AvgIpc) is 2.22. The highest BCUT2D eigenvalue weighted by Crippen LogP contribution is 2.00. The first-order valence-electron chi connectivity index (χ1n) is 5.08. The second-order valence-electron chi connectivity index (χ2n) is 3.18. The Hall–Kier alpha value is -0.970. The summed E-state index contributed by atoms with van der Waals surface area (Å²) < 4.78 is 1.51. The van der Waals surface area contributed by atoms with Crippen LogP contribution < -0.4 is 10.9 Å². The molecule has 1 heterocycles. The number of hydrogen-bond donors (Lipinski definition) is 1. The maximum Gasteiger partial charge on any atom is 0.268 e. The lowest BCUT2D eigenvalue weighted by Gasteiger charge is -2.05. The van der Waals surface area contributed by atoms with Gasteiger partial charge in [0.1, 0.15) is 0 Å². The quantitative estimate of drug-likeness (QED) is 0.747. The SMILES string of the molecule is CCNc1cnn(CCCSC)c(=O)c1. The molecule has 0 spiro atoms. The third kappa shape index (κ3) is 3.95. The van der Waals surface area contributed by atoms with Crippen LogP contribution in [0.15, 0.2) is 17.1 Å². The number of nitrogens with zero attached hydrogens (tertiary/aromatic N) is 2. The molecule has 4 nitrogen and oxygen atoms in total. The van der Waals surface area contributed by atoms with Crippen molar-refractivity contribution in [2.24, 2.45) is 0 Å². The first kappa shape index (κ1) is 12.1. The molecular formula is C10H17N3OS. The van der Waals surface area contributed by atoms with E-state index in [4.69, 9.17) is 0 Å². The number of thioether (sulfide) groups is 1. The van der Waals surface area contributed by atoms with Gasteiger partial charge in [0.15, 0.2) is 0 Å². The van der Waals surface area contributed by atoms with Crippen LogP contribution in [0.2, 0.25) is 0 Å². The summed E-state index contributed by atoms with van der Waals surface area (Å²) in [5, 5.41) is 7.16. The van der Waals surface area contributed by atoms with Gasteiger partial charge < -0.3 is 5.32 Å². The number of anilines is 1. The molecule has 1 N–H and O–H groups in total. The minimum Gasteiger partial charge on any atom is -0.384 e. The molecule has 5 heteroatoms. The fourth-order valence-electron chi connectivity index (χ4n) is 1.26. The number of aromatic nitrogens is 2. The van der Waals surface area contributed by atoms with Gasteiger partial charge in [0, 0.05) is 19.2 Å². The van der Waals surface area contributed by atoms with Gasteiger partial charge >= 0.3 is 0 Å². The van der Waals surface area contributed by atoms with E-state index in [0.29, 0.717) is 6.54 Å². The van der Waals surface area contributed by atoms with Crippen molar-refractivity contribution in [3.8, 4) is 0 Å². The van der Waals surface area contributed by atoms with E-state index in [2.05, 4.69) is 16.7 Å². The van der Waals surface area contributed by atoms with Gasteiger partial charge in [0.2, 0.25) is 0 Å². The standard InChI is InChI=1S/C10H17N3OS/c1-3-11-9-7-10(14)13(12-8-9)5-4-6-15-2/h7-8,11H,3-6H2,1-2H3. The molecule has 1 aromatic heterocycles. The van der Waals surface area contributed by atoms with E-state index in [0.717, 1.165) is 24.4 Å². The Kier molecular flexibility index (Phi) is 5.25. The van der Waals surface area contributed by atoms with Gasteiger partial charge in [-0.3, -0.25) is 4.79 Å². The monoisotopic (exact) mass is 227 g/mol. The summed E-state index contributed by atoms with van der Waals surface area (Å²) in [4.78, 5) is 11.6. The number of aryl methyl sites for hydroxylation is 1. The minimum atomic E-state index is -0.0328. The molecule has 0 fully saturated rings. The third-order valence-corrected chi connectivity index (χ3v) is 2.67. The topological polar surface area (TPSA) is 46.9 Å². The summed E-state index contributed by atoms with van der Waals surface area (Å²) in [6.07, 6.45) is 4.74. The van der Waals surface area contributed by atoms with Crippen molar-refractivity contribution in [3.63, 3.8) is 0 Å². The average molecular weight is 227 g/mol. The summed E-state index contributed by atoms with van der Waals surface area (Å²) in [6, 6.07) is 1.59. The molecule has 0 amide bonds. The van der Waals surface area contributed by atoms with Crippen molar-refractivity contribution in [1.29, 1.82) is 0 Å². The van der Waals surface area contributed by atoms with Gasteiger partial charge in [-0.1, -0.05) is 0 Å². The third-order valence-electron chi connectivity index (χ3n) is 1.97. The van der Waals surface area contributed by atoms with E-state index >= 15 is 0 Å². The maximum atomic E-state index is 11.6. The van der Waals surface area contributed by atoms with Crippen LogP contribution in [0.5, 0.6) is 0 Å². The second-order valence-corrected chi connectivity index (χ2v) is 4.17. The lowest BCUT2D eigenvalue weighted by molar-refractivity contribution is 0.571. The second kappa shape index (κ2) is 6.50. The van der Waals surface area contributed by atoms with Gasteiger partial charge in [0.25, 0.3) is 5.56 Å². The first-order valence-corrected chi connectivity index (χ1v) is 6.47. The Morgan fingerprint density at radius 2 is 2.40 bits per heavy atom. The Labute approximate surface area is 94.1 Å². The van der Waals surface area contributed by atoms with Crippen LogP contribution >= 0.6 is 11.8 Å². The van der Waals surface area contributed by atoms with Crippen LogP contribution in [0.4, 0.5) is 5.69 Å². The summed E-state index contributed by atoms with van der Waals surface area (Å²) >= 11 is 1.78. The normalized spacial score (nSPS) is 10.3. The molecule has 1 aromatic rings. The van der Waals surface area contributed by atoms with Crippen molar-refractivity contribution in [3.05, 3.63) is 22.6 Å². The van der Waals surface area contributed by atoms with Crippen LogP contribution in [0.3, 0.4) is 0 Å². The van der Waals surface area contributed by atoms with Crippen molar-refractivity contribution < 1.29 is 0 Å². The van der Waals surface area contributed by atoms with E-state index < -0.39 is 0 Å². The summed E-state index contributed by atoms with van der Waals surface area (Å²) in [6.45, 7) is 3.49. The Balaban J connectivity index is 2.62. The Morgan fingerprint density at radius 1 is 1.60 bits per heavy atom. The Morgan fingerprint density at radius 3 is 3.00 bits per heavy atom. The molecule has 0 saturated heterocycles. The molecule has 0 radical (unpaired) electrons. The lowest BCUT2D eigenvalue weighted by Crippen LogP contribution is -2.22. The van der Waals surface area contributed by atoms with Crippen molar-refractivity contribution in [2.75, 3.05) is 23.9 Å². The molecule has 0 aliphatic rings. The number of rotatable bonds is 6. The van der Waals surface area contributed by atoms with Crippen molar-refractivity contribution in [2.45, 2.75) is 19.9 Å². The molecule has 0 aromatic carbocycles. The van der Waals surface area contributed by atoms with Crippen LogP contribution in [0.1, 0.15) is 13.3 Å². The molecule has 0 saturated carbocycles. The largest absolute Gasteiger partial charge is 0.384 e. The molecule has 0 aliphatic carbocycles. The maximum absolute atomic E-state index is 11.6. The van der Waals surface area contributed by atoms with Gasteiger partial charge in [-0.05, 0) is 25.4 Å². The fourth-order valence-corrected chi connectivity index (χ4v) is 1.68. The lowest BCUT2D eigenvalue weighted by atomic mass is 10.4. The van der Waals surface area contributed by atoms with Crippen LogP contribution in [-0.2, 0) is 6.54 Å². The van der Waals surface area contributed by atoms with Crippen molar-refractivity contribution >= 4 is 17.4 Å². The predicted molar refractivity (Wildman–Crippen MR) is 65.7 cm³/mol. The van der Waals surface area contributed by atoms with Gasteiger partial charge in [-0.2, -0.15) is 16.9 Å². The highest BCUT2D eigenvalue weighted by molar-refractivity contribution is 7.98. The zero-order valence-electron chi connectivity index (χ0n) is 9.19. The Bertz CT molecular complexity index is 351. The number of nitrogens with one attached hydrogen (secondary N) is 1. The van der Waals surface area contributed by atoms with Crippen LogP contribution in [0, 0.1) is 0 Å². The van der Waals surface area contributed by atoms with E-state index in [1.54, 1.807) is 24.0 Å². The molecule has 0 unspecified atom stereocenters. The van der Waals surface area contributed by atoms with E-state index in [9.17, 15) is 4.79 Å². The van der Waals surface area contributed by atoms with Gasteiger partial charge in [-0.15, -0.1) is 0 Å². The summed E-state index contributed by atoms with van der Waals surface area (Å²) in [7, 11) is 0. The molecule has 0 atom stereocenters. The molecule has 1 rings (SSSR count). The summed E-state index contributed by atoms with van der Waals surface area (Å²) in [5.74, 6) is 1.06. The van der Waals surface area contributed by atoms with E-state index in [1.807, 2.05) is 6.92 Å². The molecule has 84 valence electrons. The number of hydrogen-bond acceptors (Lipinski definition) is 4. The highest BCUT2D eigenvalue weighted by Gasteiger charge is 1.98. The summed E-state index contributed by atoms with van der Waals surface area (Å²) in [5.41, 5.74) is 0.762. The minimum absolute atomic E-state index is 0.0328. The van der Waals surface area contributed by atoms with E-state index in [-0.39, 0.29) is 5.56 Å². The molecule has 0 aliphatic heterocycles. The molecule has 0 bridgehead atoms. The van der Waals surface area contributed by atoms with Crippen molar-refractivity contribution in [1.82, 2.24) is 9.78 Å². The molecule has 15 heavy (non-hydrogen) atoms. The van der Waals surface area contributed by atoms with Gasteiger partial charge in [0.05, 0.1) is 11.9 Å². The zero-order valence-corrected chi connectivity index (χ0v) is 10.0. The highest BCUT2D eigenvalue weighted by atomic mass is 32.2. The van der Waals surface area contributed by atoms with Crippen LogP contribution in [0.25, 0.3) is 0 Å². The zero-order chi connectivity index (χ0) is 11.1. The predicted octanol–water partition coefficient (Wildman–Crippen LogP) is 1.43. The fraction of sp³-hybridized carbons (Fsp3) is 0.600. The molecular weight excluding hydrogens is 210 g/mol. The van der Waals surface area contributed by atoms with Crippen LogP contribution in [-0.4, -0.2) is 28.3 Å². The van der Waals surface area contributed by atoms with Gasteiger partial charge in [-0.25, -0.2) is 4.68 Å². The first-order chi connectivity index (χ1) is 7.27.